The molecular weight excluding hydrogens is 435 g/mol. The number of nitrogens with zero attached hydrogens (tertiary/aromatic N) is 4. The molecule has 0 aliphatic carbocycles. The van der Waals surface area contributed by atoms with Crippen molar-refractivity contribution in [2.75, 3.05) is 4.90 Å². The second-order valence-corrected chi connectivity index (χ2v) is 7.95. The number of thiazole rings is 1. The molecule has 0 saturated carbocycles. The molecule has 2 aromatic heterocycles. The van der Waals surface area contributed by atoms with E-state index in [9.17, 15) is 14.4 Å². The fourth-order valence-corrected chi connectivity index (χ4v) is 4.43. The highest BCUT2D eigenvalue weighted by Crippen LogP contribution is 2.35. The Balaban J connectivity index is 1.71. The molecule has 0 N–H and O–H groups in total. The number of carbonyl (C=O) groups is 2. The lowest BCUT2D eigenvalue weighted by atomic mass is 10.2. The van der Waals surface area contributed by atoms with Gasteiger partial charge in [-0.25, -0.2) is 9.30 Å². The number of hydrogen-bond acceptors (Lipinski definition) is 6. The maximum absolute atomic E-state index is 13.1. The molecule has 5 rings (SSSR count). The first-order valence-electron chi connectivity index (χ1n) is 8.29. The summed E-state index contributed by atoms with van der Waals surface area (Å²) in [6, 6.07) is 13.2. The van der Waals surface area contributed by atoms with Crippen molar-refractivity contribution < 1.29 is 9.59 Å². The zero-order valence-corrected chi connectivity index (χ0v) is 16.6. The van der Waals surface area contributed by atoms with Gasteiger partial charge in [-0.1, -0.05) is 64.9 Å². The highest BCUT2D eigenvalue weighted by molar-refractivity contribution is 7.19. The maximum Gasteiger partial charge on any atom is 0.286 e. The standard InChI is InChI=1S/C19H8Cl2N4O3S/c20-11-7-6-10(8-12(11)21)24-17(27)14-15(18(24)28)29-19-23-22-13(16(26)25(14)19)9-4-2-1-3-5-9/h1-8H. The van der Waals surface area contributed by atoms with E-state index in [-0.39, 0.29) is 31.9 Å². The van der Waals surface area contributed by atoms with Crippen LogP contribution in [-0.4, -0.2) is 26.4 Å². The molecule has 0 radical (unpaired) electrons. The zero-order valence-electron chi connectivity index (χ0n) is 14.3. The number of hydrogen-bond donors (Lipinski definition) is 0. The Morgan fingerprint density at radius 2 is 1.62 bits per heavy atom. The number of amides is 2. The SMILES string of the molecule is O=C1c2sc3nnc(-c4ccccc4)c(=O)n3c2C(=O)N1c1ccc(Cl)c(Cl)c1. The van der Waals surface area contributed by atoms with Gasteiger partial charge in [-0.3, -0.25) is 14.4 Å². The van der Waals surface area contributed by atoms with Crippen LogP contribution < -0.4 is 10.5 Å². The molecule has 4 aromatic rings. The van der Waals surface area contributed by atoms with E-state index in [0.29, 0.717) is 10.6 Å². The second-order valence-electron chi connectivity index (χ2n) is 6.16. The van der Waals surface area contributed by atoms with E-state index in [2.05, 4.69) is 10.2 Å². The lowest BCUT2D eigenvalue weighted by Crippen LogP contribution is -2.31. The van der Waals surface area contributed by atoms with E-state index in [1.807, 2.05) is 6.07 Å². The molecule has 2 aromatic carbocycles. The van der Waals surface area contributed by atoms with Crippen molar-refractivity contribution in [3.05, 3.63) is 79.5 Å². The molecule has 0 bridgehead atoms. The fraction of sp³-hybridized carbons (Fsp3) is 0. The van der Waals surface area contributed by atoms with Crippen LogP contribution in [0.3, 0.4) is 0 Å². The molecule has 0 saturated heterocycles. The number of fused-ring (bicyclic) bond motifs is 3. The normalized spacial score (nSPS) is 13.4. The van der Waals surface area contributed by atoms with Gasteiger partial charge in [-0.2, -0.15) is 0 Å². The van der Waals surface area contributed by atoms with Crippen LogP contribution in [0, 0.1) is 0 Å². The number of benzene rings is 2. The smallest absolute Gasteiger partial charge is 0.267 e. The highest BCUT2D eigenvalue weighted by Gasteiger charge is 2.42. The van der Waals surface area contributed by atoms with Crippen molar-refractivity contribution in [1.82, 2.24) is 14.6 Å². The Morgan fingerprint density at radius 3 is 2.34 bits per heavy atom. The minimum atomic E-state index is -0.635. The Kier molecular flexibility index (Phi) is 4.02. The summed E-state index contributed by atoms with van der Waals surface area (Å²) < 4.78 is 1.15. The molecule has 2 amide bonds. The Hall–Kier alpha value is -3.07. The van der Waals surface area contributed by atoms with Gasteiger partial charge >= 0.3 is 0 Å². The second kappa shape index (κ2) is 6.48. The summed E-state index contributed by atoms with van der Waals surface area (Å²) in [5.41, 5.74) is 0.382. The molecule has 1 aliphatic heterocycles. The average Bonchev–Trinajstić information content (AvgIpc) is 3.22. The molecule has 142 valence electrons. The maximum atomic E-state index is 13.1. The Bertz CT molecular complexity index is 1400. The molecule has 0 fully saturated rings. The molecule has 29 heavy (non-hydrogen) atoms. The summed E-state index contributed by atoms with van der Waals surface area (Å²) in [6.45, 7) is 0. The number of rotatable bonds is 2. The number of anilines is 1. The predicted octanol–water partition coefficient (Wildman–Crippen LogP) is 3.93. The Morgan fingerprint density at radius 1 is 0.862 bits per heavy atom. The Labute approximate surface area is 176 Å². The largest absolute Gasteiger partial charge is 0.286 e. The van der Waals surface area contributed by atoms with Gasteiger partial charge in [-0.05, 0) is 18.2 Å². The van der Waals surface area contributed by atoms with E-state index < -0.39 is 17.4 Å². The lowest BCUT2D eigenvalue weighted by molar-refractivity contribution is 0.0925. The van der Waals surface area contributed by atoms with E-state index in [1.165, 1.54) is 18.2 Å². The molecule has 0 spiro atoms. The van der Waals surface area contributed by atoms with Crippen molar-refractivity contribution in [2.24, 2.45) is 0 Å². The highest BCUT2D eigenvalue weighted by atomic mass is 35.5. The number of halogens is 2. The van der Waals surface area contributed by atoms with Crippen molar-refractivity contribution >= 4 is 57.0 Å². The third-order valence-corrected chi connectivity index (χ3v) is 6.23. The van der Waals surface area contributed by atoms with E-state index in [1.54, 1.807) is 24.3 Å². The van der Waals surface area contributed by atoms with Crippen LogP contribution >= 0.6 is 34.5 Å². The molecule has 0 atom stereocenters. The van der Waals surface area contributed by atoms with Crippen LogP contribution in [0.5, 0.6) is 0 Å². The van der Waals surface area contributed by atoms with Gasteiger partial charge in [0, 0.05) is 5.56 Å². The van der Waals surface area contributed by atoms with Crippen LogP contribution in [-0.2, 0) is 0 Å². The van der Waals surface area contributed by atoms with Gasteiger partial charge in [0.25, 0.3) is 17.4 Å². The van der Waals surface area contributed by atoms with E-state index in [0.717, 1.165) is 20.6 Å². The van der Waals surface area contributed by atoms with E-state index in [4.69, 9.17) is 23.2 Å². The molecule has 0 unspecified atom stereocenters. The number of aromatic nitrogens is 3. The lowest BCUT2D eigenvalue weighted by Gasteiger charge is -2.14. The number of carbonyl (C=O) groups excluding carboxylic acids is 2. The van der Waals surface area contributed by atoms with Crippen molar-refractivity contribution in [2.45, 2.75) is 0 Å². The summed E-state index contributed by atoms with van der Waals surface area (Å²) >= 11 is 12.9. The molecular formula is C19H8Cl2N4O3S. The van der Waals surface area contributed by atoms with Crippen LogP contribution in [0.2, 0.25) is 10.0 Å². The summed E-state index contributed by atoms with van der Waals surface area (Å²) in [4.78, 5) is 40.4. The minimum Gasteiger partial charge on any atom is -0.267 e. The number of imide groups is 1. The predicted molar refractivity (Wildman–Crippen MR) is 110 cm³/mol. The molecule has 7 nitrogen and oxygen atoms in total. The summed E-state index contributed by atoms with van der Waals surface area (Å²) in [5, 5.41) is 8.55. The quantitative estimate of drug-likeness (QED) is 0.439. The third kappa shape index (κ3) is 2.61. The monoisotopic (exact) mass is 442 g/mol. The van der Waals surface area contributed by atoms with Gasteiger partial charge in [0.05, 0.1) is 15.7 Å². The zero-order chi connectivity index (χ0) is 20.3. The molecule has 3 heterocycles. The summed E-state index contributed by atoms with van der Waals surface area (Å²) in [6.07, 6.45) is 0. The topological polar surface area (TPSA) is 84.6 Å². The van der Waals surface area contributed by atoms with E-state index >= 15 is 0 Å². The van der Waals surface area contributed by atoms with Crippen molar-refractivity contribution in [1.29, 1.82) is 0 Å². The van der Waals surface area contributed by atoms with Crippen LogP contribution in [0.1, 0.15) is 20.2 Å². The van der Waals surface area contributed by atoms with Crippen LogP contribution in [0.15, 0.2) is 53.3 Å². The first-order valence-corrected chi connectivity index (χ1v) is 9.86. The summed E-state index contributed by atoms with van der Waals surface area (Å²) in [7, 11) is 0. The van der Waals surface area contributed by atoms with Crippen molar-refractivity contribution in [3.8, 4) is 11.3 Å². The van der Waals surface area contributed by atoms with Gasteiger partial charge in [0.2, 0.25) is 4.96 Å². The van der Waals surface area contributed by atoms with Gasteiger partial charge < -0.3 is 0 Å². The fourth-order valence-electron chi connectivity index (χ4n) is 3.15. The molecule has 1 aliphatic rings. The van der Waals surface area contributed by atoms with Gasteiger partial charge in [0.1, 0.15) is 10.6 Å². The minimum absolute atomic E-state index is 0.0295. The average molecular weight is 443 g/mol. The van der Waals surface area contributed by atoms with Gasteiger partial charge in [0.15, 0.2) is 5.69 Å². The van der Waals surface area contributed by atoms with Crippen molar-refractivity contribution in [3.63, 3.8) is 0 Å². The first kappa shape index (κ1) is 18.0. The van der Waals surface area contributed by atoms with Crippen LogP contribution in [0.4, 0.5) is 5.69 Å². The molecule has 10 heteroatoms. The van der Waals surface area contributed by atoms with Crippen LogP contribution in [0.25, 0.3) is 16.2 Å². The van der Waals surface area contributed by atoms with Gasteiger partial charge in [-0.15, -0.1) is 10.2 Å². The first-order chi connectivity index (χ1) is 14.0. The third-order valence-electron chi connectivity index (χ3n) is 4.48. The summed E-state index contributed by atoms with van der Waals surface area (Å²) in [5.74, 6) is -1.19.